The Kier molecular flexibility index (Phi) is 8.51. The van der Waals surface area contributed by atoms with Crippen molar-refractivity contribution in [2.45, 2.75) is 45.2 Å². The number of ether oxygens (including phenoxy) is 2. The standard InChI is InChI=1S/C26H33N3O5/c1-17-5-8-20(9-6-17)26(32)29-13-11-21(12-14-29)28-25(31)22(27-18(2)30)15-19-7-10-23(33-3)24(16-19)34-4/h5-10,16,21-22H,11-15H2,1-4H3,(H,27,30)(H,28,31). The normalized spacial score (nSPS) is 14.8. The summed E-state index contributed by atoms with van der Waals surface area (Å²) in [5, 5.41) is 5.80. The first-order valence-corrected chi connectivity index (χ1v) is 11.4. The van der Waals surface area contributed by atoms with E-state index in [0.717, 1.165) is 11.1 Å². The van der Waals surface area contributed by atoms with Gasteiger partial charge in [-0.25, -0.2) is 0 Å². The van der Waals surface area contributed by atoms with Gasteiger partial charge in [-0.2, -0.15) is 0 Å². The molecule has 182 valence electrons. The molecule has 1 saturated heterocycles. The maximum Gasteiger partial charge on any atom is 0.253 e. The van der Waals surface area contributed by atoms with Crippen LogP contribution >= 0.6 is 0 Å². The second-order valence-corrected chi connectivity index (χ2v) is 8.59. The van der Waals surface area contributed by atoms with E-state index in [1.165, 1.54) is 6.92 Å². The van der Waals surface area contributed by atoms with Gasteiger partial charge in [0.1, 0.15) is 6.04 Å². The Balaban J connectivity index is 1.59. The van der Waals surface area contributed by atoms with Crippen molar-refractivity contribution in [3.63, 3.8) is 0 Å². The zero-order chi connectivity index (χ0) is 24.7. The summed E-state index contributed by atoms with van der Waals surface area (Å²) in [6.07, 6.45) is 1.63. The Morgan fingerprint density at radius 1 is 1.00 bits per heavy atom. The number of hydrogen-bond donors (Lipinski definition) is 2. The van der Waals surface area contributed by atoms with Gasteiger partial charge >= 0.3 is 0 Å². The molecule has 0 spiro atoms. The highest BCUT2D eigenvalue weighted by molar-refractivity contribution is 5.94. The fourth-order valence-electron chi connectivity index (χ4n) is 4.11. The monoisotopic (exact) mass is 467 g/mol. The van der Waals surface area contributed by atoms with E-state index >= 15 is 0 Å². The highest BCUT2D eigenvalue weighted by atomic mass is 16.5. The van der Waals surface area contributed by atoms with Gasteiger partial charge in [0.25, 0.3) is 5.91 Å². The van der Waals surface area contributed by atoms with Crippen LogP contribution in [0, 0.1) is 6.92 Å². The van der Waals surface area contributed by atoms with Gasteiger partial charge in [0.2, 0.25) is 11.8 Å². The van der Waals surface area contributed by atoms with Crippen LogP contribution in [0.5, 0.6) is 11.5 Å². The number of nitrogens with one attached hydrogen (secondary N) is 2. The SMILES string of the molecule is COc1ccc(CC(NC(C)=O)C(=O)NC2CCN(C(=O)c3ccc(C)cc3)CC2)cc1OC. The predicted octanol–water partition coefficient (Wildman–Crippen LogP) is 2.48. The minimum absolute atomic E-state index is 0.00866. The van der Waals surface area contributed by atoms with Crippen molar-refractivity contribution in [3.8, 4) is 11.5 Å². The van der Waals surface area contributed by atoms with Gasteiger partial charge in [0.15, 0.2) is 11.5 Å². The number of carbonyl (C=O) groups excluding carboxylic acids is 3. The van der Waals surface area contributed by atoms with Crippen molar-refractivity contribution in [1.29, 1.82) is 0 Å². The molecule has 1 aliphatic heterocycles. The van der Waals surface area contributed by atoms with Crippen molar-refractivity contribution in [3.05, 3.63) is 59.2 Å². The van der Waals surface area contributed by atoms with Crippen LogP contribution in [0.15, 0.2) is 42.5 Å². The van der Waals surface area contributed by atoms with E-state index in [1.54, 1.807) is 26.4 Å². The molecule has 2 aromatic carbocycles. The molecule has 1 fully saturated rings. The number of amides is 3. The average molecular weight is 468 g/mol. The molecule has 1 atom stereocenters. The lowest BCUT2D eigenvalue weighted by atomic mass is 10.0. The molecule has 3 rings (SSSR count). The molecular weight excluding hydrogens is 434 g/mol. The Hall–Kier alpha value is -3.55. The second kappa shape index (κ2) is 11.5. The van der Waals surface area contributed by atoms with E-state index in [1.807, 2.05) is 42.2 Å². The first kappa shape index (κ1) is 25.1. The zero-order valence-electron chi connectivity index (χ0n) is 20.2. The molecule has 0 radical (unpaired) electrons. The van der Waals surface area contributed by atoms with Crippen LogP contribution in [0.1, 0.15) is 41.3 Å². The van der Waals surface area contributed by atoms with Crippen molar-refractivity contribution < 1.29 is 23.9 Å². The van der Waals surface area contributed by atoms with Gasteiger partial charge in [-0.1, -0.05) is 23.8 Å². The first-order valence-electron chi connectivity index (χ1n) is 11.4. The largest absolute Gasteiger partial charge is 0.493 e. The van der Waals surface area contributed by atoms with E-state index in [-0.39, 0.29) is 23.8 Å². The number of rotatable bonds is 8. The van der Waals surface area contributed by atoms with E-state index < -0.39 is 6.04 Å². The Labute approximate surface area is 200 Å². The Morgan fingerprint density at radius 3 is 2.24 bits per heavy atom. The Morgan fingerprint density at radius 2 is 1.65 bits per heavy atom. The number of methoxy groups -OCH3 is 2. The lowest BCUT2D eigenvalue weighted by Gasteiger charge is -2.33. The first-order chi connectivity index (χ1) is 16.3. The molecule has 34 heavy (non-hydrogen) atoms. The molecule has 0 bridgehead atoms. The quantitative estimate of drug-likeness (QED) is 0.622. The van der Waals surface area contributed by atoms with Gasteiger partial charge in [-0.05, 0) is 49.6 Å². The maximum absolute atomic E-state index is 13.0. The zero-order valence-corrected chi connectivity index (χ0v) is 20.2. The molecule has 0 saturated carbocycles. The van der Waals surface area contributed by atoms with Crippen LogP contribution in [-0.4, -0.2) is 62.0 Å². The lowest BCUT2D eigenvalue weighted by Crippen LogP contribution is -2.53. The molecule has 1 unspecified atom stereocenters. The number of hydrogen-bond acceptors (Lipinski definition) is 5. The highest BCUT2D eigenvalue weighted by Gasteiger charge is 2.27. The second-order valence-electron chi connectivity index (χ2n) is 8.59. The molecule has 2 N–H and O–H groups in total. The van der Waals surface area contributed by atoms with Gasteiger partial charge in [0.05, 0.1) is 14.2 Å². The van der Waals surface area contributed by atoms with Gasteiger partial charge < -0.3 is 25.0 Å². The molecular formula is C26H33N3O5. The van der Waals surface area contributed by atoms with Crippen LogP contribution in [0.2, 0.25) is 0 Å². The lowest BCUT2D eigenvalue weighted by molar-refractivity contribution is -0.128. The van der Waals surface area contributed by atoms with Crippen LogP contribution < -0.4 is 20.1 Å². The summed E-state index contributed by atoms with van der Waals surface area (Å²) < 4.78 is 10.6. The number of piperidine rings is 1. The van der Waals surface area contributed by atoms with E-state index in [0.29, 0.717) is 49.4 Å². The van der Waals surface area contributed by atoms with Crippen LogP contribution in [-0.2, 0) is 16.0 Å². The minimum atomic E-state index is -0.720. The molecule has 8 nitrogen and oxygen atoms in total. The Bertz CT molecular complexity index is 1010. The summed E-state index contributed by atoms with van der Waals surface area (Å²) in [4.78, 5) is 39.4. The van der Waals surface area contributed by atoms with Gasteiger partial charge in [0, 0.05) is 38.0 Å². The van der Waals surface area contributed by atoms with E-state index in [9.17, 15) is 14.4 Å². The van der Waals surface area contributed by atoms with Crippen LogP contribution in [0.4, 0.5) is 0 Å². The topological polar surface area (TPSA) is 97.0 Å². The summed E-state index contributed by atoms with van der Waals surface area (Å²) in [5.41, 5.74) is 2.62. The summed E-state index contributed by atoms with van der Waals surface area (Å²) in [7, 11) is 3.11. The smallest absolute Gasteiger partial charge is 0.253 e. The third kappa shape index (κ3) is 6.50. The van der Waals surface area contributed by atoms with Crippen molar-refractivity contribution >= 4 is 17.7 Å². The van der Waals surface area contributed by atoms with Gasteiger partial charge in [-0.3, -0.25) is 14.4 Å². The van der Waals surface area contributed by atoms with Crippen molar-refractivity contribution in [2.24, 2.45) is 0 Å². The number of aryl methyl sites for hydroxylation is 1. The molecule has 0 aliphatic carbocycles. The fraction of sp³-hybridized carbons (Fsp3) is 0.423. The molecule has 3 amide bonds. The number of carbonyl (C=O) groups is 3. The van der Waals surface area contributed by atoms with E-state index in [2.05, 4.69) is 10.6 Å². The summed E-state index contributed by atoms with van der Waals surface area (Å²) in [6.45, 7) is 4.52. The molecule has 1 aliphatic rings. The molecule has 0 aromatic heterocycles. The summed E-state index contributed by atoms with van der Waals surface area (Å²) >= 11 is 0. The summed E-state index contributed by atoms with van der Waals surface area (Å²) in [5.74, 6) is 0.646. The number of nitrogens with zero attached hydrogens (tertiary/aromatic N) is 1. The third-order valence-corrected chi connectivity index (χ3v) is 6.01. The van der Waals surface area contributed by atoms with Gasteiger partial charge in [-0.15, -0.1) is 0 Å². The van der Waals surface area contributed by atoms with Crippen molar-refractivity contribution in [1.82, 2.24) is 15.5 Å². The van der Waals surface area contributed by atoms with E-state index in [4.69, 9.17) is 9.47 Å². The van der Waals surface area contributed by atoms with Crippen molar-refractivity contribution in [2.75, 3.05) is 27.3 Å². The molecule has 8 heteroatoms. The molecule has 2 aromatic rings. The fourth-order valence-corrected chi connectivity index (χ4v) is 4.11. The average Bonchev–Trinajstić information content (AvgIpc) is 2.83. The summed E-state index contributed by atoms with van der Waals surface area (Å²) in [6, 6.07) is 12.2. The predicted molar refractivity (Wildman–Crippen MR) is 129 cm³/mol. The number of benzene rings is 2. The maximum atomic E-state index is 13.0. The number of likely N-dealkylation sites (tertiary alicyclic amines) is 1. The molecule has 1 heterocycles. The highest BCUT2D eigenvalue weighted by Crippen LogP contribution is 2.28. The third-order valence-electron chi connectivity index (χ3n) is 6.01. The van der Waals surface area contributed by atoms with Crippen LogP contribution in [0.3, 0.4) is 0 Å². The minimum Gasteiger partial charge on any atom is -0.493 e. The van der Waals surface area contributed by atoms with Crippen LogP contribution in [0.25, 0.3) is 0 Å².